The van der Waals surface area contributed by atoms with E-state index in [0.29, 0.717) is 17.1 Å². The third-order valence-corrected chi connectivity index (χ3v) is 3.79. The predicted octanol–water partition coefficient (Wildman–Crippen LogP) is 4.37. The molecule has 0 spiro atoms. The molecule has 0 radical (unpaired) electrons. The Morgan fingerprint density at radius 2 is 1.56 bits per heavy atom. The topological polar surface area (TPSA) is 17.1 Å². The van der Waals surface area contributed by atoms with E-state index in [1.165, 1.54) is 12.8 Å². The van der Waals surface area contributed by atoms with Crippen LogP contribution in [-0.2, 0) is 4.79 Å². The summed E-state index contributed by atoms with van der Waals surface area (Å²) in [6, 6.07) is 0. The molecule has 0 atom stereocenters. The number of carbonyl (C=O) groups is 1. The van der Waals surface area contributed by atoms with Crippen LogP contribution in [0.2, 0.25) is 0 Å². The van der Waals surface area contributed by atoms with Crippen LogP contribution >= 0.6 is 0 Å². The molecule has 0 heterocycles. The van der Waals surface area contributed by atoms with Gasteiger partial charge in [0, 0.05) is 5.92 Å². The number of rotatable bonds is 2. The van der Waals surface area contributed by atoms with E-state index in [1.807, 2.05) is 19.9 Å². The second-order valence-electron chi connectivity index (χ2n) is 6.54. The molecule has 16 heavy (non-hydrogen) atoms. The molecule has 92 valence electrons. The van der Waals surface area contributed by atoms with Gasteiger partial charge in [0.25, 0.3) is 0 Å². The normalized spacial score (nSPS) is 26.3. The second kappa shape index (κ2) is 5.16. The highest BCUT2D eigenvalue weighted by Gasteiger charge is 2.31. The molecule has 0 amide bonds. The lowest BCUT2D eigenvalue weighted by Gasteiger charge is -2.36. The molecule has 0 aromatic rings. The van der Waals surface area contributed by atoms with Crippen LogP contribution < -0.4 is 0 Å². The lowest BCUT2D eigenvalue weighted by atomic mass is 9.69. The van der Waals surface area contributed by atoms with Gasteiger partial charge in [-0.2, -0.15) is 0 Å². The zero-order valence-corrected chi connectivity index (χ0v) is 11.5. The fraction of sp³-hybridized carbons (Fsp3) is 0.800. The number of hydrogen-bond donors (Lipinski definition) is 0. The van der Waals surface area contributed by atoms with Crippen LogP contribution in [0.25, 0.3) is 0 Å². The zero-order valence-electron chi connectivity index (χ0n) is 11.5. The van der Waals surface area contributed by atoms with Crippen molar-refractivity contribution in [1.82, 2.24) is 0 Å². The predicted molar refractivity (Wildman–Crippen MR) is 69.3 cm³/mol. The first-order valence-corrected chi connectivity index (χ1v) is 6.49. The van der Waals surface area contributed by atoms with Crippen LogP contribution in [0.4, 0.5) is 0 Å². The van der Waals surface area contributed by atoms with Gasteiger partial charge in [-0.3, -0.25) is 4.79 Å². The van der Waals surface area contributed by atoms with Gasteiger partial charge < -0.3 is 0 Å². The molecule has 1 aliphatic rings. The quantitative estimate of drug-likeness (QED) is 0.634. The minimum atomic E-state index is 0.300. The molecule has 1 nitrogen and oxygen atoms in total. The van der Waals surface area contributed by atoms with Crippen molar-refractivity contribution in [3.05, 3.63) is 11.6 Å². The van der Waals surface area contributed by atoms with Gasteiger partial charge in [-0.05, 0) is 56.9 Å². The fourth-order valence-electron chi connectivity index (χ4n) is 2.65. The monoisotopic (exact) mass is 222 g/mol. The highest BCUT2D eigenvalue weighted by atomic mass is 16.1. The standard InChI is InChI=1S/C15H26O/c1-11(2)10-14(16)12-6-8-13(9-7-12)15(3,4)5/h10,12-13H,6-9H2,1-5H3. The molecule has 0 aromatic carbocycles. The first-order valence-electron chi connectivity index (χ1n) is 6.49. The van der Waals surface area contributed by atoms with E-state index < -0.39 is 0 Å². The van der Waals surface area contributed by atoms with Crippen LogP contribution in [0.15, 0.2) is 11.6 Å². The highest BCUT2D eigenvalue weighted by molar-refractivity contribution is 5.92. The third kappa shape index (κ3) is 3.77. The summed E-state index contributed by atoms with van der Waals surface area (Å²) in [6.07, 6.45) is 6.43. The Morgan fingerprint density at radius 3 is 1.94 bits per heavy atom. The molecule has 1 aliphatic carbocycles. The number of ketones is 1. The molecule has 0 unspecified atom stereocenters. The Labute approximate surface area is 100 Å². The Morgan fingerprint density at radius 1 is 1.06 bits per heavy atom. The first kappa shape index (κ1) is 13.5. The van der Waals surface area contributed by atoms with Crippen molar-refractivity contribution in [3.8, 4) is 0 Å². The number of hydrogen-bond acceptors (Lipinski definition) is 1. The van der Waals surface area contributed by atoms with E-state index in [9.17, 15) is 4.79 Å². The lowest BCUT2D eigenvalue weighted by molar-refractivity contribution is -0.119. The van der Waals surface area contributed by atoms with Crippen LogP contribution in [-0.4, -0.2) is 5.78 Å². The minimum Gasteiger partial charge on any atom is -0.295 e. The average Bonchev–Trinajstić information content (AvgIpc) is 2.15. The van der Waals surface area contributed by atoms with E-state index in [0.717, 1.165) is 24.3 Å². The zero-order chi connectivity index (χ0) is 12.3. The van der Waals surface area contributed by atoms with Gasteiger partial charge in [0.2, 0.25) is 0 Å². The summed E-state index contributed by atoms with van der Waals surface area (Å²) >= 11 is 0. The van der Waals surface area contributed by atoms with Crippen molar-refractivity contribution in [2.45, 2.75) is 60.3 Å². The average molecular weight is 222 g/mol. The number of carbonyl (C=O) groups excluding carboxylic acids is 1. The maximum Gasteiger partial charge on any atom is 0.158 e. The van der Waals surface area contributed by atoms with Crippen LogP contribution in [0, 0.1) is 17.3 Å². The summed E-state index contributed by atoms with van der Waals surface area (Å²) in [5.74, 6) is 1.45. The van der Waals surface area contributed by atoms with Crippen molar-refractivity contribution in [2.24, 2.45) is 17.3 Å². The van der Waals surface area contributed by atoms with Gasteiger partial charge in [-0.1, -0.05) is 26.3 Å². The molecule has 0 aliphatic heterocycles. The second-order valence-corrected chi connectivity index (χ2v) is 6.54. The molecule has 1 saturated carbocycles. The molecular formula is C15H26O. The van der Waals surface area contributed by atoms with Crippen LogP contribution in [0.1, 0.15) is 60.3 Å². The molecule has 0 bridgehead atoms. The van der Waals surface area contributed by atoms with E-state index in [4.69, 9.17) is 0 Å². The summed E-state index contributed by atoms with van der Waals surface area (Å²) in [5, 5.41) is 0. The highest BCUT2D eigenvalue weighted by Crippen LogP contribution is 2.40. The summed E-state index contributed by atoms with van der Waals surface area (Å²) in [5.41, 5.74) is 1.53. The van der Waals surface area contributed by atoms with Crippen molar-refractivity contribution in [2.75, 3.05) is 0 Å². The molecule has 1 heteroatoms. The summed E-state index contributed by atoms with van der Waals surface area (Å²) in [7, 11) is 0. The van der Waals surface area contributed by atoms with E-state index in [-0.39, 0.29) is 0 Å². The summed E-state index contributed by atoms with van der Waals surface area (Å²) in [6.45, 7) is 10.9. The molecular weight excluding hydrogens is 196 g/mol. The van der Waals surface area contributed by atoms with Gasteiger partial charge in [-0.25, -0.2) is 0 Å². The molecule has 0 saturated heterocycles. The molecule has 1 fully saturated rings. The Kier molecular flexibility index (Phi) is 4.35. The molecule has 0 aromatic heterocycles. The van der Waals surface area contributed by atoms with E-state index in [2.05, 4.69) is 20.8 Å². The van der Waals surface area contributed by atoms with Gasteiger partial charge >= 0.3 is 0 Å². The Balaban J connectivity index is 2.50. The lowest BCUT2D eigenvalue weighted by Crippen LogP contribution is -2.28. The third-order valence-electron chi connectivity index (χ3n) is 3.79. The first-order chi connectivity index (χ1) is 7.30. The molecule has 1 rings (SSSR count). The van der Waals surface area contributed by atoms with Crippen LogP contribution in [0.3, 0.4) is 0 Å². The maximum atomic E-state index is 11.9. The Hall–Kier alpha value is -0.590. The van der Waals surface area contributed by atoms with Gasteiger partial charge in [0.05, 0.1) is 0 Å². The van der Waals surface area contributed by atoms with Gasteiger partial charge in [0.15, 0.2) is 5.78 Å². The van der Waals surface area contributed by atoms with Crippen molar-refractivity contribution >= 4 is 5.78 Å². The Bertz CT molecular complexity index is 268. The summed E-state index contributed by atoms with van der Waals surface area (Å²) < 4.78 is 0. The van der Waals surface area contributed by atoms with Crippen molar-refractivity contribution < 1.29 is 4.79 Å². The van der Waals surface area contributed by atoms with Crippen molar-refractivity contribution in [1.29, 1.82) is 0 Å². The van der Waals surface area contributed by atoms with E-state index >= 15 is 0 Å². The van der Waals surface area contributed by atoms with Crippen LogP contribution in [0.5, 0.6) is 0 Å². The minimum absolute atomic E-state index is 0.300. The SMILES string of the molecule is CC(C)=CC(=O)C1CCC(C(C)(C)C)CC1. The van der Waals surface area contributed by atoms with Gasteiger partial charge in [-0.15, -0.1) is 0 Å². The van der Waals surface area contributed by atoms with E-state index in [1.54, 1.807) is 0 Å². The van der Waals surface area contributed by atoms with Gasteiger partial charge in [0.1, 0.15) is 0 Å². The largest absolute Gasteiger partial charge is 0.295 e. The molecule has 0 N–H and O–H groups in total. The summed E-state index contributed by atoms with van der Waals surface area (Å²) in [4.78, 5) is 11.9. The number of allylic oxidation sites excluding steroid dienone is 2. The fourth-order valence-corrected chi connectivity index (χ4v) is 2.65. The van der Waals surface area contributed by atoms with Crippen molar-refractivity contribution in [3.63, 3.8) is 0 Å². The maximum absolute atomic E-state index is 11.9. The smallest absolute Gasteiger partial charge is 0.158 e.